The van der Waals surface area contributed by atoms with E-state index >= 15 is 8.78 Å². The quantitative estimate of drug-likeness (QED) is 0.583. The molecule has 2 heterocycles. The van der Waals surface area contributed by atoms with Gasteiger partial charge in [0.05, 0.1) is 32.6 Å². The monoisotopic (exact) mass is 474 g/mol. The number of fused-ring (bicyclic) bond motifs is 2. The first-order valence-electron chi connectivity index (χ1n) is 11.1. The zero-order valence-corrected chi connectivity index (χ0v) is 20.0. The van der Waals surface area contributed by atoms with Gasteiger partial charge in [-0.15, -0.1) is 0 Å². The van der Waals surface area contributed by atoms with Crippen molar-refractivity contribution >= 4 is 17.6 Å². The van der Waals surface area contributed by atoms with Gasteiger partial charge in [-0.2, -0.15) is 0 Å². The van der Waals surface area contributed by atoms with Gasteiger partial charge in [0.15, 0.2) is 23.1 Å². The topological polar surface area (TPSA) is 78.0 Å². The summed E-state index contributed by atoms with van der Waals surface area (Å²) < 4.78 is 45.7. The van der Waals surface area contributed by atoms with E-state index in [9.17, 15) is 9.59 Å². The number of methoxy groups -OCH3 is 2. The minimum atomic E-state index is -0.963. The number of aryl methyl sites for hydroxylation is 1. The lowest BCUT2D eigenvalue weighted by molar-refractivity contribution is -0.154. The van der Waals surface area contributed by atoms with Crippen molar-refractivity contribution in [3.05, 3.63) is 46.8 Å². The molecule has 1 fully saturated rings. The molecular formula is C25H28F2N2O5. The molecule has 0 saturated heterocycles. The largest absolute Gasteiger partial charge is 0.493 e. The third-order valence-electron chi connectivity index (χ3n) is 6.12. The molecule has 1 saturated carbocycles. The number of rotatable bonds is 6. The molecule has 1 aromatic heterocycles. The van der Waals surface area contributed by atoms with Gasteiger partial charge in [0, 0.05) is 24.4 Å². The number of carbonyl (C=O) groups is 2. The van der Waals surface area contributed by atoms with Crippen LogP contribution in [-0.4, -0.2) is 36.7 Å². The number of benzene rings is 1. The maximum atomic E-state index is 15.1. The van der Waals surface area contributed by atoms with E-state index in [1.54, 1.807) is 27.0 Å². The average Bonchev–Trinajstić information content (AvgIpc) is 3.57. The molecule has 34 heavy (non-hydrogen) atoms. The number of hydrogen-bond donors (Lipinski definition) is 0. The van der Waals surface area contributed by atoms with Crippen LogP contribution in [0.25, 0.3) is 0 Å². The molecule has 182 valence electrons. The van der Waals surface area contributed by atoms with E-state index in [1.807, 2.05) is 6.07 Å². The van der Waals surface area contributed by atoms with Gasteiger partial charge in [-0.25, -0.2) is 8.78 Å². The summed E-state index contributed by atoms with van der Waals surface area (Å²) in [5.41, 5.74) is 0.260. The molecule has 0 bridgehead atoms. The number of pyridine rings is 1. The molecule has 4 rings (SSSR count). The molecular weight excluding hydrogens is 446 g/mol. The molecule has 1 aromatic carbocycles. The number of hydrogen-bond acceptors (Lipinski definition) is 6. The van der Waals surface area contributed by atoms with Crippen LogP contribution in [0.5, 0.6) is 11.5 Å². The Kier molecular flexibility index (Phi) is 5.99. The molecule has 1 spiro atoms. The molecule has 2 aliphatic rings. The lowest BCUT2D eigenvalue weighted by Crippen LogP contribution is -2.45. The smallest absolute Gasteiger partial charge is 0.306 e. The van der Waals surface area contributed by atoms with Gasteiger partial charge >= 0.3 is 5.97 Å². The van der Waals surface area contributed by atoms with Crippen LogP contribution in [0.1, 0.15) is 56.9 Å². The van der Waals surface area contributed by atoms with Crippen LogP contribution in [0.2, 0.25) is 0 Å². The number of carbonyl (C=O) groups excluding carboxylic acids is 2. The van der Waals surface area contributed by atoms with Crippen LogP contribution in [-0.2, 0) is 32.7 Å². The Hall–Kier alpha value is -3.23. The van der Waals surface area contributed by atoms with E-state index in [-0.39, 0.29) is 36.3 Å². The summed E-state index contributed by atoms with van der Waals surface area (Å²) in [6.07, 6.45) is 3.28. The Morgan fingerprint density at radius 1 is 1.12 bits per heavy atom. The molecule has 1 aliphatic heterocycles. The Morgan fingerprint density at radius 2 is 1.74 bits per heavy atom. The second-order valence-electron chi connectivity index (χ2n) is 9.65. The summed E-state index contributed by atoms with van der Waals surface area (Å²) in [5, 5.41) is 0. The highest BCUT2D eigenvalue weighted by Gasteiger charge is 2.57. The molecule has 1 amide bonds. The third kappa shape index (κ3) is 4.19. The molecule has 1 aliphatic carbocycles. The number of ether oxygens (including phenoxy) is 3. The summed E-state index contributed by atoms with van der Waals surface area (Å²) >= 11 is 0. The van der Waals surface area contributed by atoms with Crippen LogP contribution in [0.4, 0.5) is 14.5 Å². The minimum Gasteiger partial charge on any atom is -0.493 e. The zero-order chi connectivity index (χ0) is 24.8. The Balaban J connectivity index is 1.66. The SMILES string of the molecule is COc1cc(OC)c(F)c(N2Cc3cnc(CCC(=O)OC(C)(C)C)cc3C3(CC3)C2=O)c1F. The summed E-state index contributed by atoms with van der Waals surface area (Å²) in [6, 6.07) is 2.95. The van der Waals surface area contributed by atoms with Crippen molar-refractivity contribution in [2.45, 2.75) is 64.0 Å². The van der Waals surface area contributed by atoms with Gasteiger partial charge in [0.25, 0.3) is 0 Å². The predicted molar refractivity (Wildman–Crippen MR) is 120 cm³/mol. The highest BCUT2D eigenvalue weighted by Crippen LogP contribution is 2.55. The van der Waals surface area contributed by atoms with E-state index in [4.69, 9.17) is 14.2 Å². The van der Waals surface area contributed by atoms with Crippen molar-refractivity contribution in [3.8, 4) is 11.5 Å². The normalized spacial score (nSPS) is 16.3. The van der Waals surface area contributed by atoms with Gasteiger partial charge in [0.1, 0.15) is 11.3 Å². The standard InChI is InChI=1S/C25H28F2N2O5/c1-24(2,3)34-19(30)7-6-15-10-16-14(12-28-15)13-29(23(31)25(16)8-9-25)22-20(26)17(32-4)11-18(33-5)21(22)27/h10-12H,6-9,13H2,1-5H3. The lowest BCUT2D eigenvalue weighted by Gasteiger charge is -2.35. The summed E-state index contributed by atoms with van der Waals surface area (Å²) in [6.45, 7) is 5.37. The Labute approximate surface area is 197 Å². The number of esters is 1. The van der Waals surface area contributed by atoms with Gasteiger partial charge < -0.3 is 19.1 Å². The molecule has 0 atom stereocenters. The summed E-state index contributed by atoms with van der Waals surface area (Å²) in [4.78, 5) is 31.2. The summed E-state index contributed by atoms with van der Waals surface area (Å²) in [7, 11) is 2.52. The second kappa shape index (κ2) is 8.52. The summed E-state index contributed by atoms with van der Waals surface area (Å²) in [5.74, 6) is -3.06. The van der Waals surface area contributed by atoms with Crippen molar-refractivity contribution in [3.63, 3.8) is 0 Å². The predicted octanol–water partition coefficient (Wildman–Crippen LogP) is 4.23. The number of amides is 1. The van der Waals surface area contributed by atoms with Crippen molar-refractivity contribution in [2.24, 2.45) is 0 Å². The number of halogens is 2. The van der Waals surface area contributed by atoms with E-state index in [0.717, 1.165) is 16.5 Å². The van der Waals surface area contributed by atoms with Crippen molar-refractivity contribution in [1.82, 2.24) is 4.98 Å². The van der Waals surface area contributed by atoms with Crippen LogP contribution in [0.3, 0.4) is 0 Å². The zero-order valence-electron chi connectivity index (χ0n) is 20.0. The third-order valence-corrected chi connectivity index (χ3v) is 6.12. The number of aromatic nitrogens is 1. The Morgan fingerprint density at radius 3 is 2.26 bits per heavy atom. The second-order valence-corrected chi connectivity index (χ2v) is 9.65. The fourth-order valence-corrected chi connectivity index (χ4v) is 4.37. The molecule has 0 radical (unpaired) electrons. The van der Waals surface area contributed by atoms with Gasteiger partial charge in [-0.05, 0) is 50.8 Å². The fourth-order valence-electron chi connectivity index (χ4n) is 4.37. The van der Waals surface area contributed by atoms with Crippen LogP contribution in [0, 0.1) is 11.6 Å². The molecule has 2 aromatic rings. The van der Waals surface area contributed by atoms with Gasteiger partial charge in [-0.3, -0.25) is 14.6 Å². The number of nitrogens with zero attached hydrogens (tertiary/aromatic N) is 2. The molecule has 0 unspecified atom stereocenters. The molecule has 7 nitrogen and oxygen atoms in total. The maximum Gasteiger partial charge on any atom is 0.306 e. The highest BCUT2D eigenvalue weighted by atomic mass is 19.1. The molecule has 9 heteroatoms. The van der Waals surface area contributed by atoms with E-state index in [1.165, 1.54) is 14.2 Å². The van der Waals surface area contributed by atoms with Crippen molar-refractivity contribution < 1.29 is 32.6 Å². The minimum absolute atomic E-state index is 0.0422. The first kappa shape index (κ1) is 23.9. The highest BCUT2D eigenvalue weighted by molar-refractivity contribution is 6.05. The van der Waals surface area contributed by atoms with E-state index in [2.05, 4.69) is 4.98 Å². The maximum absolute atomic E-state index is 15.1. The first-order chi connectivity index (χ1) is 16.0. The van der Waals surface area contributed by atoms with Gasteiger partial charge in [0.2, 0.25) is 5.91 Å². The number of anilines is 1. The van der Waals surface area contributed by atoms with E-state index < -0.39 is 28.3 Å². The first-order valence-corrected chi connectivity index (χ1v) is 11.1. The molecule has 0 N–H and O–H groups in total. The van der Waals surface area contributed by atoms with Crippen LogP contribution in [0.15, 0.2) is 18.3 Å². The van der Waals surface area contributed by atoms with E-state index in [0.29, 0.717) is 30.5 Å². The van der Waals surface area contributed by atoms with Crippen molar-refractivity contribution in [2.75, 3.05) is 19.1 Å². The fraction of sp³-hybridized carbons (Fsp3) is 0.480. The average molecular weight is 475 g/mol. The van der Waals surface area contributed by atoms with Crippen molar-refractivity contribution in [1.29, 1.82) is 0 Å². The van der Waals surface area contributed by atoms with Crippen LogP contribution < -0.4 is 14.4 Å². The lowest BCUT2D eigenvalue weighted by atomic mass is 9.86. The Bertz CT molecular complexity index is 1130. The van der Waals surface area contributed by atoms with Crippen LogP contribution >= 0.6 is 0 Å². The van der Waals surface area contributed by atoms with Gasteiger partial charge in [-0.1, -0.05) is 0 Å².